The maximum absolute atomic E-state index is 4.28. The first-order valence-corrected chi connectivity index (χ1v) is 6.16. The molecule has 3 nitrogen and oxygen atoms in total. The summed E-state index contributed by atoms with van der Waals surface area (Å²) in [6.45, 7) is 11.1. The molecule has 0 aliphatic carbocycles. The summed E-state index contributed by atoms with van der Waals surface area (Å²) in [5.74, 6) is 0.740. The fraction of sp³-hybridized carbons (Fsp3) is 0.769. The summed E-state index contributed by atoms with van der Waals surface area (Å²) in [7, 11) is 1.99. The minimum atomic E-state index is 0.377. The fourth-order valence-corrected chi connectivity index (χ4v) is 2.23. The number of rotatable bonds is 5. The van der Waals surface area contributed by atoms with Crippen molar-refractivity contribution in [2.24, 2.45) is 13.0 Å². The van der Waals surface area contributed by atoms with Crippen LogP contribution in [0.15, 0.2) is 6.20 Å². The molecular formula is C13H25N3. The lowest BCUT2D eigenvalue weighted by Crippen LogP contribution is -2.30. The molecule has 16 heavy (non-hydrogen) atoms. The second-order valence-electron chi connectivity index (χ2n) is 5.23. The van der Waals surface area contributed by atoms with E-state index in [1.165, 1.54) is 17.7 Å². The largest absolute Gasteiger partial charge is 0.308 e. The third kappa shape index (κ3) is 3.34. The van der Waals surface area contributed by atoms with Crippen LogP contribution in [0.2, 0.25) is 0 Å². The molecule has 1 N–H and O–H groups in total. The number of aryl methyl sites for hydroxylation is 1. The molecule has 1 aromatic rings. The van der Waals surface area contributed by atoms with E-state index in [4.69, 9.17) is 0 Å². The van der Waals surface area contributed by atoms with Gasteiger partial charge in [0.05, 0.1) is 6.20 Å². The lowest BCUT2D eigenvalue weighted by atomic mass is 10.0. The topological polar surface area (TPSA) is 29.9 Å². The number of nitrogens with zero attached hydrogens (tertiary/aromatic N) is 2. The first-order chi connectivity index (χ1) is 7.41. The highest BCUT2D eigenvalue weighted by molar-refractivity contribution is 5.19. The average molecular weight is 223 g/mol. The van der Waals surface area contributed by atoms with Crippen molar-refractivity contribution in [1.29, 1.82) is 0 Å². The van der Waals surface area contributed by atoms with Gasteiger partial charge in [0.1, 0.15) is 0 Å². The van der Waals surface area contributed by atoms with Crippen molar-refractivity contribution in [1.82, 2.24) is 15.1 Å². The van der Waals surface area contributed by atoms with Gasteiger partial charge in [0, 0.05) is 30.4 Å². The van der Waals surface area contributed by atoms with E-state index in [-0.39, 0.29) is 0 Å². The van der Waals surface area contributed by atoms with Gasteiger partial charge >= 0.3 is 0 Å². The first-order valence-electron chi connectivity index (χ1n) is 6.16. The van der Waals surface area contributed by atoms with Crippen LogP contribution in [-0.2, 0) is 7.05 Å². The molecule has 0 radical (unpaired) electrons. The molecule has 0 aromatic carbocycles. The Morgan fingerprint density at radius 2 is 1.94 bits per heavy atom. The number of hydrogen-bond acceptors (Lipinski definition) is 2. The minimum Gasteiger partial charge on any atom is -0.308 e. The van der Waals surface area contributed by atoms with Crippen molar-refractivity contribution in [2.75, 3.05) is 0 Å². The van der Waals surface area contributed by atoms with Gasteiger partial charge in [0.25, 0.3) is 0 Å². The normalized spacial score (nSPS) is 15.4. The Morgan fingerprint density at radius 1 is 1.31 bits per heavy atom. The van der Waals surface area contributed by atoms with Crippen molar-refractivity contribution in [3.8, 4) is 0 Å². The van der Waals surface area contributed by atoms with E-state index in [9.17, 15) is 0 Å². The second-order valence-corrected chi connectivity index (χ2v) is 5.23. The van der Waals surface area contributed by atoms with Crippen LogP contribution < -0.4 is 5.32 Å². The van der Waals surface area contributed by atoms with Crippen LogP contribution in [-0.4, -0.2) is 15.8 Å². The van der Waals surface area contributed by atoms with E-state index in [1.54, 1.807) is 0 Å². The highest BCUT2D eigenvalue weighted by atomic mass is 15.3. The Hall–Kier alpha value is -0.830. The zero-order chi connectivity index (χ0) is 12.3. The molecular weight excluding hydrogens is 198 g/mol. The fourth-order valence-electron chi connectivity index (χ4n) is 2.23. The van der Waals surface area contributed by atoms with Crippen LogP contribution in [0.25, 0.3) is 0 Å². The first kappa shape index (κ1) is 13.2. The van der Waals surface area contributed by atoms with Gasteiger partial charge in [-0.15, -0.1) is 0 Å². The van der Waals surface area contributed by atoms with Crippen molar-refractivity contribution in [3.63, 3.8) is 0 Å². The Morgan fingerprint density at radius 3 is 2.38 bits per heavy atom. The molecule has 92 valence electrons. The predicted molar refractivity (Wildman–Crippen MR) is 68.4 cm³/mol. The number of hydrogen-bond donors (Lipinski definition) is 1. The maximum Gasteiger partial charge on any atom is 0.0540 e. The van der Waals surface area contributed by atoms with E-state index in [1.807, 2.05) is 17.9 Å². The standard InChI is InChI=1S/C13H25N3/c1-9(2)7-10(3)15-11(4)13-8-14-16(6)12(13)5/h8-11,15H,7H2,1-6H3. The Balaban J connectivity index is 2.58. The third-order valence-electron chi connectivity index (χ3n) is 3.10. The molecule has 0 bridgehead atoms. The lowest BCUT2D eigenvalue weighted by Gasteiger charge is -2.21. The van der Waals surface area contributed by atoms with Gasteiger partial charge in [-0.1, -0.05) is 13.8 Å². The summed E-state index contributed by atoms with van der Waals surface area (Å²) in [4.78, 5) is 0. The molecule has 1 heterocycles. The highest BCUT2D eigenvalue weighted by Crippen LogP contribution is 2.17. The maximum atomic E-state index is 4.28. The lowest BCUT2D eigenvalue weighted by molar-refractivity contribution is 0.406. The van der Waals surface area contributed by atoms with Crippen molar-refractivity contribution >= 4 is 0 Å². The van der Waals surface area contributed by atoms with Crippen LogP contribution in [0.4, 0.5) is 0 Å². The zero-order valence-corrected chi connectivity index (χ0v) is 11.4. The summed E-state index contributed by atoms with van der Waals surface area (Å²) in [5.41, 5.74) is 2.55. The molecule has 0 fully saturated rings. The van der Waals surface area contributed by atoms with E-state index in [0.29, 0.717) is 12.1 Å². The van der Waals surface area contributed by atoms with Gasteiger partial charge in [0.15, 0.2) is 0 Å². The predicted octanol–water partition coefficient (Wildman–Crippen LogP) is 2.81. The SMILES string of the molecule is Cc1c(C(C)NC(C)CC(C)C)cnn1C. The summed E-state index contributed by atoms with van der Waals surface area (Å²) < 4.78 is 1.93. The molecule has 3 heteroatoms. The third-order valence-corrected chi connectivity index (χ3v) is 3.10. The Bertz CT molecular complexity index is 328. The zero-order valence-electron chi connectivity index (χ0n) is 11.4. The van der Waals surface area contributed by atoms with E-state index < -0.39 is 0 Å². The van der Waals surface area contributed by atoms with Gasteiger partial charge in [-0.3, -0.25) is 4.68 Å². The van der Waals surface area contributed by atoms with Crippen LogP contribution in [0.5, 0.6) is 0 Å². The van der Waals surface area contributed by atoms with E-state index in [2.05, 4.69) is 45.0 Å². The Kier molecular flexibility index (Phi) is 4.54. The molecule has 0 aliphatic heterocycles. The molecule has 0 spiro atoms. The molecule has 0 aliphatic rings. The molecule has 1 rings (SSSR count). The quantitative estimate of drug-likeness (QED) is 0.832. The summed E-state index contributed by atoms with van der Waals surface area (Å²) in [5, 5.41) is 7.91. The minimum absolute atomic E-state index is 0.377. The smallest absolute Gasteiger partial charge is 0.0540 e. The molecule has 0 amide bonds. The van der Waals surface area contributed by atoms with Crippen molar-refractivity contribution in [2.45, 2.75) is 53.1 Å². The van der Waals surface area contributed by atoms with Gasteiger partial charge in [-0.2, -0.15) is 5.10 Å². The molecule has 2 atom stereocenters. The van der Waals surface area contributed by atoms with Gasteiger partial charge in [-0.05, 0) is 33.1 Å². The van der Waals surface area contributed by atoms with Gasteiger partial charge in [0.2, 0.25) is 0 Å². The molecule has 0 saturated heterocycles. The van der Waals surface area contributed by atoms with Crippen molar-refractivity contribution < 1.29 is 0 Å². The molecule has 2 unspecified atom stereocenters. The average Bonchev–Trinajstić information content (AvgIpc) is 2.45. The monoisotopic (exact) mass is 223 g/mol. The van der Waals surface area contributed by atoms with Gasteiger partial charge < -0.3 is 5.32 Å². The Labute approximate surface area is 99.2 Å². The second kappa shape index (κ2) is 5.48. The van der Waals surface area contributed by atoms with Gasteiger partial charge in [-0.25, -0.2) is 0 Å². The van der Waals surface area contributed by atoms with E-state index >= 15 is 0 Å². The number of aromatic nitrogens is 2. The van der Waals surface area contributed by atoms with Crippen LogP contribution >= 0.6 is 0 Å². The number of nitrogens with one attached hydrogen (secondary N) is 1. The highest BCUT2D eigenvalue weighted by Gasteiger charge is 2.14. The molecule has 0 saturated carbocycles. The summed E-state index contributed by atoms with van der Waals surface area (Å²) in [6, 6.07) is 0.928. The summed E-state index contributed by atoms with van der Waals surface area (Å²) >= 11 is 0. The molecule has 1 aromatic heterocycles. The van der Waals surface area contributed by atoms with Crippen LogP contribution in [0.1, 0.15) is 51.4 Å². The summed E-state index contributed by atoms with van der Waals surface area (Å²) in [6.07, 6.45) is 3.18. The van der Waals surface area contributed by atoms with Crippen LogP contribution in [0, 0.1) is 12.8 Å². The van der Waals surface area contributed by atoms with Crippen molar-refractivity contribution in [3.05, 3.63) is 17.5 Å². The van der Waals surface area contributed by atoms with E-state index in [0.717, 1.165) is 5.92 Å². The van der Waals surface area contributed by atoms with Crippen LogP contribution in [0.3, 0.4) is 0 Å².